The maximum atomic E-state index is 3.29. The number of rotatable bonds is 4. The van der Waals surface area contributed by atoms with Gasteiger partial charge in [0.2, 0.25) is 0 Å². The van der Waals surface area contributed by atoms with Crippen molar-refractivity contribution in [2.24, 2.45) is 17.8 Å². The van der Waals surface area contributed by atoms with E-state index in [2.05, 4.69) is 26.2 Å². The first kappa shape index (κ1) is 11.0. The van der Waals surface area contributed by atoms with Crippen LogP contribution in [0, 0.1) is 17.8 Å². The van der Waals surface area contributed by atoms with Crippen LogP contribution < -0.4 is 5.32 Å². The molecule has 0 unspecified atom stereocenters. The van der Waals surface area contributed by atoms with Gasteiger partial charge in [0, 0.05) is 0 Å². The molecule has 1 saturated carbocycles. The molecule has 78 valence electrons. The van der Waals surface area contributed by atoms with Gasteiger partial charge >= 0.3 is 0 Å². The monoisotopic (exact) mass is 183 g/mol. The minimum atomic E-state index is 0.894. The van der Waals surface area contributed by atoms with E-state index in [1.165, 1.54) is 38.6 Å². The molecule has 1 heteroatoms. The Labute approximate surface area is 83.3 Å². The summed E-state index contributed by atoms with van der Waals surface area (Å²) in [5, 5.41) is 3.29. The second-order valence-corrected chi connectivity index (χ2v) is 5.07. The van der Waals surface area contributed by atoms with Gasteiger partial charge in [-0.1, -0.05) is 26.7 Å². The zero-order chi connectivity index (χ0) is 9.68. The van der Waals surface area contributed by atoms with Gasteiger partial charge in [-0.2, -0.15) is 0 Å². The molecule has 0 aromatic heterocycles. The SMILES string of the molecule is CNC[C@H]1CC[C@@H](CC(C)C)CC1. The molecular weight excluding hydrogens is 158 g/mol. The molecule has 1 N–H and O–H groups in total. The van der Waals surface area contributed by atoms with E-state index < -0.39 is 0 Å². The third-order valence-corrected chi connectivity index (χ3v) is 3.26. The Bertz CT molecular complexity index is 123. The summed E-state index contributed by atoms with van der Waals surface area (Å²) >= 11 is 0. The first-order valence-electron chi connectivity index (χ1n) is 5.87. The Morgan fingerprint density at radius 3 is 2.08 bits per heavy atom. The lowest BCUT2D eigenvalue weighted by molar-refractivity contribution is 0.242. The van der Waals surface area contributed by atoms with Gasteiger partial charge in [-0.3, -0.25) is 0 Å². The van der Waals surface area contributed by atoms with Crippen LogP contribution in [-0.2, 0) is 0 Å². The normalized spacial score (nSPS) is 29.5. The average molecular weight is 183 g/mol. The fourth-order valence-electron chi connectivity index (χ4n) is 2.63. The second-order valence-electron chi connectivity index (χ2n) is 5.07. The van der Waals surface area contributed by atoms with Crippen LogP contribution in [0.3, 0.4) is 0 Å². The van der Waals surface area contributed by atoms with E-state index in [1.54, 1.807) is 0 Å². The van der Waals surface area contributed by atoms with Crippen molar-refractivity contribution in [3.8, 4) is 0 Å². The van der Waals surface area contributed by atoms with Crippen molar-refractivity contribution in [2.75, 3.05) is 13.6 Å². The molecule has 0 amide bonds. The first-order chi connectivity index (χ1) is 6.22. The fraction of sp³-hybridized carbons (Fsp3) is 1.00. The molecule has 13 heavy (non-hydrogen) atoms. The molecule has 0 bridgehead atoms. The molecule has 0 radical (unpaired) electrons. The van der Waals surface area contributed by atoms with Crippen LogP contribution in [0.4, 0.5) is 0 Å². The Kier molecular flexibility index (Phi) is 4.79. The molecule has 1 rings (SSSR count). The second kappa shape index (κ2) is 5.64. The van der Waals surface area contributed by atoms with E-state index in [0.29, 0.717) is 0 Å². The van der Waals surface area contributed by atoms with Crippen LogP contribution in [0.1, 0.15) is 46.0 Å². The Morgan fingerprint density at radius 2 is 1.62 bits per heavy atom. The maximum absolute atomic E-state index is 3.29. The molecule has 1 aliphatic rings. The predicted molar refractivity (Wildman–Crippen MR) is 58.8 cm³/mol. The van der Waals surface area contributed by atoms with E-state index in [1.807, 2.05) is 0 Å². The van der Waals surface area contributed by atoms with Crippen molar-refractivity contribution in [1.82, 2.24) is 5.32 Å². The van der Waals surface area contributed by atoms with Gasteiger partial charge < -0.3 is 5.32 Å². The van der Waals surface area contributed by atoms with Gasteiger partial charge in [0.25, 0.3) is 0 Å². The summed E-state index contributed by atoms with van der Waals surface area (Å²) in [5.41, 5.74) is 0. The topological polar surface area (TPSA) is 12.0 Å². The van der Waals surface area contributed by atoms with Gasteiger partial charge in [0.05, 0.1) is 0 Å². The third-order valence-electron chi connectivity index (χ3n) is 3.26. The molecule has 0 aromatic carbocycles. The summed E-state index contributed by atoms with van der Waals surface area (Å²) in [6.45, 7) is 5.92. The highest BCUT2D eigenvalue weighted by atomic mass is 14.8. The van der Waals surface area contributed by atoms with Crippen LogP contribution in [0.2, 0.25) is 0 Å². The molecule has 0 saturated heterocycles. The molecule has 0 aliphatic heterocycles. The quantitative estimate of drug-likeness (QED) is 0.706. The summed E-state index contributed by atoms with van der Waals surface area (Å²) in [5.74, 6) is 2.90. The lowest BCUT2D eigenvalue weighted by Crippen LogP contribution is -2.24. The maximum Gasteiger partial charge on any atom is -0.00235 e. The summed E-state index contributed by atoms with van der Waals surface area (Å²) in [7, 11) is 2.07. The largest absolute Gasteiger partial charge is 0.319 e. The van der Waals surface area contributed by atoms with Gasteiger partial charge in [-0.15, -0.1) is 0 Å². The molecule has 1 nitrogen and oxygen atoms in total. The first-order valence-corrected chi connectivity index (χ1v) is 5.87. The molecule has 0 aromatic rings. The van der Waals surface area contributed by atoms with Crippen molar-refractivity contribution >= 4 is 0 Å². The summed E-state index contributed by atoms with van der Waals surface area (Å²) in [6, 6.07) is 0. The molecule has 1 aliphatic carbocycles. The van der Waals surface area contributed by atoms with E-state index in [9.17, 15) is 0 Å². The lowest BCUT2D eigenvalue weighted by atomic mass is 9.78. The predicted octanol–water partition coefficient (Wildman–Crippen LogP) is 3.06. The average Bonchev–Trinajstić information content (AvgIpc) is 2.08. The van der Waals surface area contributed by atoms with Crippen LogP contribution in [0.25, 0.3) is 0 Å². The Balaban J connectivity index is 2.15. The zero-order valence-electron chi connectivity index (χ0n) is 9.47. The fourth-order valence-corrected chi connectivity index (χ4v) is 2.63. The zero-order valence-corrected chi connectivity index (χ0v) is 9.47. The van der Waals surface area contributed by atoms with Crippen molar-refractivity contribution in [3.63, 3.8) is 0 Å². The van der Waals surface area contributed by atoms with Gasteiger partial charge in [0.15, 0.2) is 0 Å². The number of hydrogen-bond acceptors (Lipinski definition) is 1. The van der Waals surface area contributed by atoms with E-state index in [4.69, 9.17) is 0 Å². The highest BCUT2D eigenvalue weighted by Gasteiger charge is 2.20. The van der Waals surface area contributed by atoms with Crippen LogP contribution >= 0.6 is 0 Å². The molecule has 0 spiro atoms. The van der Waals surface area contributed by atoms with Crippen molar-refractivity contribution in [3.05, 3.63) is 0 Å². The van der Waals surface area contributed by atoms with E-state index in [-0.39, 0.29) is 0 Å². The van der Waals surface area contributed by atoms with Crippen molar-refractivity contribution in [2.45, 2.75) is 46.0 Å². The summed E-state index contributed by atoms with van der Waals surface area (Å²) < 4.78 is 0. The minimum absolute atomic E-state index is 0.894. The number of hydrogen-bond donors (Lipinski definition) is 1. The Hall–Kier alpha value is -0.0400. The smallest absolute Gasteiger partial charge is 0.00235 e. The summed E-state index contributed by atoms with van der Waals surface area (Å²) in [6.07, 6.45) is 7.32. The van der Waals surface area contributed by atoms with E-state index in [0.717, 1.165) is 17.8 Å². The van der Waals surface area contributed by atoms with Crippen LogP contribution in [0.15, 0.2) is 0 Å². The Morgan fingerprint density at radius 1 is 1.08 bits per heavy atom. The van der Waals surface area contributed by atoms with Gasteiger partial charge in [-0.05, 0) is 50.6 Å². The number of nitrogens with one attached hydrogen (secondary N) is 1. The molecule has 1 fully saturated rings. The summed E-state index contributed by atoms with van der Waals surface area (Å²) in [4.78, 5) is 0. The molecular formula is C12H25N. The molecule has 0 atom stereocenters. The van der Waals surface area contributed by atoms with Gasteiger partial charge in [-0.25, -0.2) is 0 Å². The third kappa shape index (κ3) is 4.12. The van der Waals surface area contributed by atoms with Crippen molar-refractivity contribution < 1.29 is 0 Å². The van der Waals surface area contributed by atoms with E-state index >= 15 is 0 Å². The standard InChI is InChI=1S/C12H25N/c1-10(2)8-11-4-6-12(7-5-11)9-13-3/h10-13H,4-9H2,1-3H3/t11-,12+. The highest BCUT2D eigenvalue weighted by molar-refractivity contribution is 4.74. The van der Waals surface area contributed by atoms with Crippen LogP contribution in [-0.4, -0.2) is 13.6 Å². The van der Waals surface area contributed by atoms with Gasteiger partial charge in [0.1, 0.15) is 0 Å². The lowest BCUT2D eigenvalue weighted by Gasteiger charge is -2.29. The van der Waals surface area contributed by atoms with Crippen LogP contribution in [0.5, 0.6) is 0 Å². The minimum Gasteiger partial charge on any atom is -0.319 e. The highest BCUT2D eigenvalue weighted by Crippen LogP contribution is 2.32. The van der Waals surface area contributed by atoms with Crippen molar-refractivity contribution in [1.29, 1.82) is 0 Å². The molecule has 0 heterocycles.